The predicted octanol–water partition coefficient (Wildman–Crippen LogP) is 1.22. The van der Waals surface area contributed by atoms with Gasteiger partial charge in [-0.3, -0.25) is 14.5 Å². The molecule has 0 amide bonds. The number of esters is 1. The molecule has 26 heavy (non-hydrogen) atoms. The molecular weight excluding hydrogens is 334 g/mol. The molecule has 2 aliphatic heterocycles. The fourth-order valence-electron chi connectivity index (χ4n) is 5.23. The predicted molar refractivity (Wildman–Crippen MR) is 92.5 cm³/mol. The second-order valence-electron chi connectivity index (χ2n) is 7.67. The third-order valence-electron chi connectivity index (χ3n) is 6.51. The number of aliphatic hydroxyl groups excluding tert-OH is 1. The number of hydrogen-bond donors (Lipinski definition) is 1. The van der Waals surface area contributed by atoms with Crippen molar-refractivity contribution < 1.29 is 24.2 Å². The molecule has 6 heteroatoms. The molecule has 0 radical (unpaired) electrons. The first-order chi connectivity index (χ1) is 12.5. The molecule has 3 aliphatic rings. The fraction of sp³-hybridized carbons (Fsp3) is 0.550. The summed E-state index contributed by atoms with van der Waals surface area (Å²) in [5, 5.41) is 9.56. The lowest BCUT2D eigenvalue weighted by Crippen LogP contribution is -2.69. The van der Waals surface area contributed by atoms with Crippen LogP contribution in [0.25, 0.3) is 0 Å². The number of benzene rings is 1. The summed E-state index contributed by atoms with van der Waals surface area (Å²) in [6, 6.07) is 8.80. The SMILES string of the molecule is CN1C2CCC13C(=O)C(CO)CC(=O)[C@@H]3[C@@H](OC(=O)c1ccccc1)C2. The van der Waals surface area contributed by atoms with E-state index in [1.54, 1.807) is 24.3 Å². The topological polar surface area (TPSA) is 83.9 Å². The quantitative estimate of drug-likeness (QED) is 0.819. The molecule has 138 valence electrons. The van der Waals surface area contributed by atoms with Crippen LogP contribution in [0.5, 0.6) is 0 Å². The van der Waals surface area contributed by atoms with E-state index in [2.05, 4.69) is 0 Å². The zero-order valence-corrected chi connectivity index (χ0v) is 14.8. The number of carbonyl (C=O) groups excluding carboxylic acids is 3. The highest BCUT2D eigenvalue weighted by atomic mass is 16.5. The zero-order chi connectivity index (χ0) is 18.5. The molecular formula is C20H23NO5. The van der Waals surface area contributed by atoms with Crippen LogP contribution in [0.1, 0.15) is 36.0 Å². The minimum Gasteiger partial charge on any atom is -0.458 e. The van der Waals surface area contributed by atoms with Crippen molar-refractivity contribution in [3.63, 3.8) is 0 Å². The maximum atomic E-state index is 13.1. The van der Waals surface area contributed by atoms with Gasteiger partial charge < -0.3 is 9.84 Å². The van der Waals surface area contributed by atoms with Gasteiger partial charge in [-0.2, -0.15) is 0 Å². The van der Waals surface area contributed by atoms with Crippen molar-refractivity contribution >= 4 is 17.5 Å². The number of nitrogens with zero attached hydrogens (tertiary/aromatic N) is 1. The van der Waals surface area contributed by atoms with E-state index in [0.717, 1.165) is 6.42 Å². The Labute approximate surface area is 152 Å². The lowest BCUT2D eigenvalue weighted by Gasteiger charge is -2.52. The lowest BCUT2D eigenvalue weighted by molar-refractivity contribution is -0.165. The van der Waals surface area contributed by atoms with Gasteiger partial charge in [0.25, 0.3) is 0 Å². The van der Waals surface area contributed by atoms with E-state index in [0.29, 0.717) is 18.4 Å². The van der Waals surface area contributed by atoms with Crippen LogP contribution in [-0.2, 0) is 14.3 Å². The fourth-order valence-corrected chi connectivity index (χ4v) is 5.23. The van der Waals surface area contributed by atoms with Crippen LogP contribution in [-0.4, -0.2) is 58.9 Å². The number of Topliss-reactive ketones (excluding diaryl/α,β-unsaturated/α-hetero) is 2. The summed E-state index contributed by atoms with van der Waals surface area (Å²) in [5.74, 6) is -1.91. The van der Waals surface area contributed by atoms with Crippen LogP contribution < -0.4 is 0 Å². The van der Waals surface area contributed by atoms with Gasteiger partial charge in [0.15, 0.2) is 5.78 Å². The molecule has 1 aromatic rings. The normalized spacial score (nSPS) is 36.7. The van der Waals surface area contributed by atoms with E-state index in [9.17, 15) is 19.5 Å². The molecule has 2 saturated heterocycles. The molecule has 4 rings (SSSR count). The molecule has 3 fully saturated rings. The molecule has 1 saturated carbocycles. The Kier molecular flexibility index (Phi) is 4.20. The first-order valence-electron chi connectivity index (χ1n) is 9.16. The van der Waals surface area contributed by atoms with E-state index >= 15 is 0 Å². The number of likely N-dealkylation sites (N-methyl/N-ethyl adjacent to an activating group) is 1. The number of aliphatic hydroxyl groups is 1. The summed E-state index contributed by atoms with van der Waals surface area (Å²) in [4.78, 5) is 40.6. The van der Waals surface area contributed by atoms with E-state index in [1.807, 2.05) is 18.0 Å². The average Bonchev–Trinajstić information content (AvgIpc) is 2.86. The molecule has 1 spiro atoms. The second-order valence-corrected chi connectivity index (χ2v) is 7.67. The van der Waals surface area contributed by atoms with Gasteiger partial charge in [0, 0.05) is 24.8 Å². The van der Waals surface area contributed by atoms with Gasteiger partial charge in [-0.1, -0.05) is 18.2 Å². The Bertz CT molecular complexity index is 748. The number of ether oxygens (including phenoxy) is 1. The zero-order valence-electron chi connectivity index (χ0n) is 14.8. The van der Waals surface area contributed by atoms with Gasteiger partial charge in [-0.05, 0) is 32.0 Å². The van der Waals surface area contributed by atoms with E-state index < -0.39 is 29.4 Å². The first kappa shape index (κ1) is 17.4. The molecule has 0 aromatic heterocycles. The van der Waals surface area contributed by atoms with Gasteiger partial charge in [0.1, 0.15) is 11.9 Å². The van der Waals surface area contributed by atoms with E-state index in [1.165, 1.54) is 0 Å². The molecule has 1 aliphatic carbocycles. The summed E-state index contributed by atoms with van der Waals surface area (Å²) < 4.78 is 5.76. The Balaban J connectivity index is 1.67. The van der Waals surface area contributed by atoms with Gasteiger partial charge in [0.2, 0.25) is 0 Å². The highest BCUT2D eigenvalue weighted by molar-refractivity contribution is 6.04. The van der Waals surface area contributed by atoms with Crippen molar-refractivity contribution in [1.82, 2.24) is 4.90 Å². The summed E-state index contributed by atoms with van der Waals surface area (Å²) in [7, 11) is 1.88. The van der Waals surface area contributed by atoms with Crippen LogP contribution in [0.3, 0.4) is 0 Å². The Morgan fingerprint density at radius 1 is 1.31 bits per heavy atom. The van der Waals surface area contributed by atoms with Crippen LogP contribution in [0.2, 0.25) is 0 Å². The minimum absolute atomic E-state index is 0.0274. The number of piperidine rings is 1. The maximum Gasteiger partial charge on any atom is 0.338 e. The highest BCUT2D eigenvalue weighted by Gasteiger charge is 2.66. The average molecular weight is 357 g/mol. The standard InChI is InChI=1S/C20H23NO5/c1-21-14-7-8-20(21)17(15(23)9-13(11-22)18(20)24)16(10-14)26-19(25)12-5-3-2-4-6-12/h2-6,13-14,16-17,22H,7-11H2,1H3/t13?,14?,16-,17+,20?/m0/s1. The number of ketones is 2. The molecule has 3 unspecified atom stereocenters. The second kappa shape index (κ2) is 6.28. The van der Waals surface area contributed by atoms with Gasteiger partial charge in [-0.25, -0.2) is 4.79 Å². The molecule has 1 N–H and O–H groups in total. The summed E-state index contributed by atoms with van der Waals surface area (Å²) in [5.41, 5.74) is -0.497. The third kappa shape index (κ3) is 2.36. The molecule has 6 nitrogen and oxygen atoms in total. The van der Waals surface area contributed by atoms with Crippen molar-refractivity contribution in [2.45, 2.75) is 43.4 Å². The minimum atomic E-state index is -0.937. The van der Waals surface area contributed by atoms with Crippen molar-refractivity contribution in [1.29, 1.82) is 0 Å². The Hall–Kier alpha value is -2.05. The maximum absolute atomic E-state index is 13.1. The van der Waals surface area contributed by atoms with Crippen molar-refractivity contribution in [2.24, 2.45) is 11.8 Å². The highest BCUT2D eigenvalue weighted by Crippen LogP contribution is 2.52. The van der Waals surface area contributed by atoms with Crippen LogP contribution in [0.15, 0.2) is 30.3 Å². The Morgan fingerprint density at radius 3 is 2.73 bits per heavy atom. The number of hydrogen-bond acceptors (Lipinski definition) is 6. The molecule has 2 heterocycles. The van der Waals surface area contributed by atoms with Crippen molar-refractivity contribution in [2.75, 3.05) is 13.7 Å². The van der Waals surface area contributed by atoms with Crippen molar-refractivity contribution in [3.05, 3.63) is 35.9 Å². The van der Waals surface area contributed by atoms with E-state index in [-0.39, 0.29) is 30.6 Å². The Morgan fingerprint density at radius 2 is 2.04 bits per heavy atom. The smallest absolute Gasteiger partial charge is 0.338 e. The van der Waals surface area contributed by atoms with Gasteiger partial charge in [0.05, 0.1) is 23.6 Å². The molecule has 5 atom stereocenters. The van der Waals surface area contributed by atoms with Crippen LogP contribution in [0, 0.1) is 11.8 Å². The largest absolute Gasteiger partial charge is 0.458 e. The first-order valence-corrected chi connectivity index (χ1v) is 9.16. The molecule has 1 aromatic carbocycles. The molecule has 2 bridgehead atoms. The van der Waals surface area contributed by atoms with Gasteiger partial charge >= 0.3 is 5.97 Å². The van der Waals surface area contributed by atoms with Crippen molar-refractivity contribution in [3.8, 4) is 0 Å². The summed E-state index contributed by atoms with van der Waals surface area (Å²) in [6.45, 7) is -0.313. The van der Waals surface area contributed by atoms with Gasteiger partial charge in [-0.15, -0.1) is 0 Å². The lowest BCUT2D eigenvalue weighted by atomic mass is 9.62. The number of fused-ring (bicyclic) bond motifs is 1. The number of carbonyl (C=O) groups is 3. The third-order valence-corrected chi connectivity index (χ3v) is 6.51. The summed E-state index contributed by atoms with van der Waals surface area (Å²) in [6.07, 6.45) is 1.37. The number of rotatable bonds is 3. The van der Waals surface area contributed by atoms with Crippen LogP contribution >= 0.6 is 0 Å². The van der Waals surface area contributed by atoms with E-state index in [4.69, 9.17) is 4.74 Å². The monoisotopic (exact) mass is 357 g/mol. The van der Waals surface area contributed by atoms with Crippen LogP contribution in [0.4, 0.5) is 0 Å². The summed E-state index contributed by atoms with van der Waals surface area (Å²) >= 11 is 0.